The Morgan fingerprint density at radius 1 is 0.639 bits per heavy atom. The van der Waals surface area contributed by atoms with Crippen LogP contribution in [0, 0.1) is 0 Å². The summed E-state index contributed by atoms with van der Waals surface area (Å²) in [5.74, 6) is 2.24. The van der Waals surface area contributed by atoms with Crippen LogP contribution in [0.15, 0.2) is 72.8 Å². The Labute approximate surface area is 214 Å². The van der Waals surface area contributed by atoms with Gasteiger partial charge < -0.3 is 14.6 Å². The van der Waals surface area contributed by atoms with Crippen molar-refractivity contribution in [1.82, 2.24) is 0 Å². The number of hydrogen-bond donors (Lipinski definition) is 1. The first-order valence-corrected chi connectivity index (χ1v) is 13.5. The van der Waals surface area contributed by atoms with Crippen molar-refractivity contribution >= 4 is 32.3 Å². The highest BCUT2D eigenvalue weighted by atomic mass is 16.5. The van der Waals surface area contributed by atoms with Gasteiger partial charge in [-0.3, -0.25) is 0 Å². The molecule has 0 aliphatic rings. The molecule has 0 fully saturated rings. The third-order valence-electron chi connectivity index (χ3n) is 7.11. The molecule has 0 bridgehead atoms. The Bertz CT molecular complexity index is 1410. The molecule has 36 heavy (non-hydrogen) atoms. The van der Waals surface area contributed by atoms with Crippen LogP contribution in [0.4, 0.5) is 0 Å². The van der Waals surface area contributed by atoms with Crippen LogP contribution >= 0.6 is 0 Å². The lowest BCUT2D eigenvalue weighted by atomic mass is 9.94. The van der Waals surface area contributed by atoms with Gasteiger partial charge in [0.1, 0.15) is 17.2 Å². The predicted molar refractivity (Wildman–Crippen MR) is 151 cm³/mol. The Balaban J connectivity index is 1.30. The molecule has 5 rings (SSSR count). The van der Waals surface area contributed by atoms with Gasteiger partial charge in [0.2, 0.25) is 0 Å². The number of benzene rings is 5. The minimum Gasteiger partial charge on any atom is -0.493 e. The number of unbranched alkanes of at least 4 members (excludes halogenated alkanes) is 7. The Kier molecular flexibility index (Phi) is 7.88. The van der Waals surface area contributed by atoms with Gasteiger partial charge in [-0.25, -0.2) is 0 Å². The molecule has 5 aromatic carbocycles. The Morgan fingerprint density at radius 3 is 2.03 bits per heavy atom. The third kappa shape index (κ3) is 5.42. The summed E-state index contributed by atoms with van der Waals surface area (Å²) in [6.07, 6.45) is 10.2. The molecule has 1 N–H and O–H groups in total. The summed E-state index contributed by atoms with van der Waals surface area (Å²) in [7, 11) is 0. The van der Waals surface area contributed by atoms with E-state index in [1.54, 1.807) is 0 Å². The molecule has 0 saturated heterocycles. The summed E-state index contributed by atoms with van der Waals surface area (Å²) in [4.78, 5) is 0. The minimum absolute atomic E-state index is 0.0518. The van der Waals surface area contributed by atoms with E-state index in [4.69, 9.17) is 9.47 Å². The number of rotatable bonds is 13. The summed E-state index contributed by atoms with van der Waals surface area (Å²) in [6.45, 7) is 2.89. The van der Waals surface area contributed by atoms with Crippen LogP contribution in [0.25, 0.3) is 32.3 Å². The zero-order valence-electron chi connectivity index (χ0n) is 21.3. The van der Waals surface area contributed by atoms with Crippen molar-refractivity contribution in [3.63, 3.8) is 0 Å². The Morgan fingerprint density at radius 2 is 1.28 bits per heavy atom. The van der Waals surface area contributed by atoms with Crippen LogP contribution in [0.3, 0.4) is 0 Å². The first-order valence-electron chi connectivity index (χ1n) is 13.5. The van der Waals surface area contributed by atoms with E-state index in [-0.39, 0.29) is 6.61 Å². The molecule has 0 heterocycles. The van der Waals surface area contributed by atoms with Crippen LogP contribution in [-0.2, 0) is 6.61 Å². The summed E-state index contributed by atoms with van der Waals surface area (Å²) in [6, 6.07) is 25.0. The van der Waals surface area contributed by atoms with E-state index < -0.39 is 0 Å². The van der Waals surface area contributed by atoms with Crippen LogP contribution in [0.2, 0.25) is 0 Å². The van der Waals surface area contributed by atoms with E-state index in [9.17, 15) is 5.11 Å². The van der Waals surface area contributed by atoms with Crippen molar-refractivity contribution in [3.05, 3.63) is 78.4 Å². The van der Waals surface area contributed by atoms with Crippen LogP contribution in [-0.4, -0.2) is 11.7 Å². The standard InChI is InChI=1S/C33H36O3/c1-2-3-4-5-6-7-8-9-19-35-28-20-24(23-34)21-29(22-28)36-31-18-16-27-14-13-25-11-10-12-26-15-17-30(31)33(27)32(25)26/h10-18,20-22,34H,2-9,19,23H2,1H3. The van der Waals surface area contributed by atoms with Crippen molar-refractivity contribution < 1.29 is 14.6 Å². The molecular formula is C33H36O3. The smallest absolute Gasteiger partial charge is 0.135 e. The molecule has 0 aliphatic heterocycles. The van der Waals surface area contributed by atoms with E-state index in [0.29, 0.717) is 12.4 Å². The van der Waals surface area contributed by atoms with Gasteiger partial charge in [0.25, 0.3) is 0 Å². The molecule has 3 heteroatoms. The largest absolute Gasteiger partial charge is 0.493 e. The van der Waals surface area contributed by atoms with Gasteiger partial charge in [-0.15, -0.1) is 0 Å². The average molecular weight is 481 g/mol. The molecule has 0 aliphatic carbocycles. The predicted octanol–water partition coefficient (Wildman–Crippen LogP) is 9.39. The molecule has 186 valence electrons. The van der Waals surface area contributed by atoms with Crippen LogP contribution in [0.5, 0.6) is 17.2 Å². The second-order valence-electron chi connectivity index (χ2n) is 9.82. The monoisotopic (exact) mass is 480 g/mol. The molecule has 0 amide bonds. The lowest BCUT2D eigenvalue weighted by molar-refractivity contribution is 0.277. The molecule has 0 radical (unpaired) electrons. The molecule has 0 spiro atoms. The van der Waals surface area contributed by atoms with Gasteiger partial charge in [0.15, 0.2) is 0 Å². The number of aliphatic hydroxyl groups is 1. The average Bonchev–Trinajstić information content (AvgIpc) is 2.91. The highest BCUT2D eigenvalue weighted by molar-refractivity contribution is 6.24. The van der Waals surface area contributed by atoms with Crippen LogP contribution < -0.4 is 9.47 Å². The summed E-state index contributed by atoms with van der Waals surface area (Å²) >= 11 is 0. The van der Waals surface area contributed by atoms with Crippen LogP contribution in [0.1, 0.15) is 63.9 Å². The molecule has 0 saturated carbocycles. The highest BCUT2D eigenvalue weighted by Crippen LogP contribution is 2.40. The van der Waals surface area contributed by atoms with Gasteiger partial charge >= 0.3 is 0 Å². The summed E-state index contributed by atoms with van der Waals surface area (Å²) in [5, 5.41) is 17.1. The fourth-order valence-corrected chi connectivity index (χ4v) is 5.21. The Hall–Kier alpha value is -3.30. The van der Waals surface area contributed by atoms with E-state index in [1.165, 1.54) is 71.9 Å². The van der Waals surface area contributed by atoms with Gasteiger partial charge in [-0.05, 0) is 57.8 Å². The number of ether oxygens (including phenoxy) is 2. The summed E-state index contributed by atoms with van der Waals surface area (Å²) in [5.41, 5.74) is 0.788. The molecule has 5 aromatic rings. The van der Waals surface area contributed by atoms with E-state index in [0.717, 1.165) is 28.9 Å². The minimum atomic E-state index is -0.0518. The fraction of sp³-hybridized carbons (Fsp3) is 0.333. The van der Waals surface area contributed by atoms with Gasteiger partial charge in [0, 0.05) is 16.8 Å². The topological polar surface area (TPSA) is 38.7 Å². The van der Waals surface area contributed by atoms with Crippen molar-refractivity contribution in [2.45, 2.75) is 64.9 Å². The molecule has 3 nitrogen and oxygen atoms in total. The summed E-state index contributed by atoms with van der Waals surface area (Å²) < 4.78 is 12.5. The fourth-order valence-electron chi connectivity index (χ4n) is 5.21. The first kappa shape index (κ1) is 24.4. The lowest BCUT2D eigenvalue weighted by Gasteiger charge is -2.15. The van der Waals surface area contributed by atoms with E-state index >= 15 is 0 Å². The molecule has 0 atom stereocenters. The van der Waals surface area contributed by atoms with Gasteiger partial charge in [-0.2, -0.15) is 0 Å². The third-order valence-corrected chi connectivity index (χ3v) is 7.11. The van der Waals surface area contributed by atoms with E-state index in [1.807, 2.05) is 24.3 Å². The van der Waals surface area contributed by atoms with Crippen molar-refractivity contribution in [2.75, 3.05) is 6.61 Å². The zero-order valence-corrected chi connectivity index (χ0v) is 21.3. The zero-order chi connectivity index (χ0) is 24.7. The van der Waals surface area contributed by atoms with Crippen molar-refractivity contribution in [2.24, 2.45) is 0 Å². The normalized spacial score (nSPS) is 11.6. The molecule has 0 aromatic heterocycles. The van der Waals surface area contributed by atoms with E-state index in [2.05, 4.69) is 55.5 Å². The molecule has 0 unspecified atom stereocenters. The lowest BCUT2D eigenvalue weighted by Crippen LogP contribution is -1.99. The quantitative estimate of drug-likeness (QED) is 0.135. The first-order chi connectivity index (χ1) is 17.8. The highest BCUT2D eigenvalue weighted by Gasteiger charge is 2.13. The SMILES string of the molecule is CCCCCCCCCCOc1cc(CO)cc(Oc2ccc3ccc4cccc5ccc2c3c45)c1. The number of hydrogen-bond acceptors (Lipinski definition) is 3. The van der Waals surface area contributed by atoms with Gasteiger partial charge in [-0.1, -0.05) is 94.3 Å². The maximum absolute atomic E-state index is 9.83. The van der Waals surface area contributed by atoms with Gasteiger partial charge in [0.05, 0.1) is 13.2 Å². The maximum Gasteiger partial charge on any atom is 0.135 e. The second kappa shape index (κ2) is 11.6. The second-order valence-corrected chi connectivity index (χ2v) is 9.82. The van der Waals surface area contributed by atoms with Crippen molar-refractivity contribution in [1.29, 1.82) is 0 Å². The molecular weight excluding hydrogens is 444 g/mol. The maximum atomic E-state index is 9.83. The van der Waals surface area contributed by atoms with Crippen molar-refractivity contribution in [3.8, 4) is 17.2 Å². The number of aliphatic hydroxyl groups excluding tert-OH is 1.